The fourth-order valence-corrected chi connectivity index (χ4v) is 2.03. The summed E-state index contributed by atoms with van der Waals surface area (Å²) in [6.45, 7) is 3.77. The zero-order chi connectivity index (χ0) is 16.1. The van der Waals surface area contributed by atoms with E-state index in [4.69, 9.17) is 16.6 Å². The van der Waals surface area contributed by atoms with Crippen LogP contribution in [0.2, 0.25) is 0 Å². The molecule has 22 heavy (non-hydrogen) atoms. The number of nitrogen functional groups attached to an aromatic ring is 1. The lowest BCUT2D eigenvalue weighted by Gasteiger charge is -2.11. The number of hydrogen-bond donors (Lipinski definition) is 5. The third-order valence-corrected chi connectivity index (χ3v) is 3.30. The Morgan fingerprint density at radius 2 is 2.18 bits per heavy atom. The van der Waals surface area contributed by atoms with Crippen molar-refractivity contribution in [2.45, 2.75) is 0 Å². The van der Waals surface area contributed by atoms with Crippen LogP contribution in [-0.2, 0) is 0 Å². The predicted octanol–water partition coefficient (Wildman–Crippen LogP) is 2.31. The average molecular weight is 294 g/mol. The minimum absolute atomic E-state index is 0.260. The van der Waals surface area contributed by atoms with Gasteiger partial charge in [0.25, 0.3) is 0 Å². The van der Waals surface area contributed by atoms with E-state index in [1.165, 1.54) is 6.21 Å². The molecular formula is C16H18N6. The Balaban J connectivity index is 2.43. The molecule has 0 aliphatic rings. The minimum Gasteiger partial charge on any atom is -0.398 e. The first kappa shape index (κ1) is 15.2. The van der Waals surface area contributed by atoms with Gasteiger partial charge in [-0.2, -0.15) is 5.10 Å². The molecule has 1 aromatic carbocycles. The zero-order valence-corrected chi connectivity index (χ0v) is 12.3. The van der Waals surface area contributed by atoms with E-state index in [2.05, 4.69) is 22.1 Å². The quantitative estimate of drug-likeness (QED) is 0.320. The minimum atomic E-state index is 0.260. The van der Waals surface area contributed by atoms with Crippen molar-refractivity contribution < 1.29 is 0 Å². The first-order valence-electron chi connectivity index (χ1n) is 6.64. The number of aromatic amines is 1. The van der Waals surface area contributed by atoms with E-state index in [-0.39, 0.29) is 5.71 Å². The maximum atomic E-state index is 8.13. The molecule has 0 amide bonds. The number of rotatable bonds is 6. The van der Waals surface area contributed by atoms with Gasteiger partial charge >= 0.3 is 0 Å². The van der Waals surface area contributed by atoms with Crippen LogP contribution >= 0.6 is 0 Å². The predicted molar refractivity (Wildman–Crippen MR) is 90.5 cm³/mol. The van der Waals surface area contributed by atoms with Gasteiger partial charge in [-0.05, 0) is 17.7 Å². The second-order valence-electron chi connectivity index (χ2n) is 4.64. The van der Waals surface area contributed by atoms with Gasteiger partial charge < -0.3 is 21.9 Å². The number of nitrogens with two attached hydrogens (primary N) is 1. The Bertz CT molecular complexity index is 740. The largest absolute Gasteiger partial charge is 0.398 e. The number of likely N-dealkylation sites (N-methyl/N-ethyl adjacent to an activating group) is 1. The maximum Gasteiger partial charge on any atom is 0.0633 e. The number of nitrogens with zero attached hydrogens (tertiary/aromatic N) is 1. The topological polar surface area (TPSA) is 114 Å². The third-order valence-electron chi connectivity index (χ3n) is 3.30. The molecule has 0 aliphatic heterocycles. The van der Waals surface area contributed by atoms with E-state index >= 15 is 0 Å². The number of anilines is 1. The number of hydrogen-bond acceptors (Lipinski definition) is 5. The Labute approximate surface area is 128 Å². The summed E-state index contributed by atoms with van der Waals surface area (Å²) in [6.07, 6.45) is 7.93. The molecule has 0 saturated heterocycles. The van der Waals surface area contributed by atoms with Gasteiger partial charge in [-0.15, -0.1) is 0 Å². The Morgan fingerprint density at radius 3 is 2.77 bits per heavy atom. The monoisotopic (exact) mass is 294 g/mol. The van der Waals surface area contributed by atoms with Gasteiger partial charge in [0.15, 0.2) is 0 Å². The van der Waals surface area contributed by atoms with Gasteiger partial charge in [0, 0.05) is 41.8 Å². The molecule has 2 aromatic rings. The van der Waals surface area contributed by atoms with E-state index in [0.29, 0.717) is 22.5 Å². The van der Waals surface area contributed by atoms with Crippen LogP contribution in [0.25, 0.3) is 11.1 Å². The highest BCUT2D eigenvalue weighted by Gasteiger charge is 2.13. The Hall–Kier alpha value is -3.15. The highest BCUT2D eigenvalue weighted by Crippen LogP contribution is 2.29. The SMILES string of the molecule is C=C(/C=C\C(=N)c1ccc(-c2cn[nH]c2)c(C=N)c1N)NC. The van der Waals surface area contributed by atoms with Crippen LogP contribution in [0.1, 0.15) is 11.1 Å². The van der Waals surface area contributed by atoms with Crippen LogP contribution in [0.4, 0.5) is 5.69 Å². The van der Waals surface area contributed by atoms with Crippen LogP contribution in [0.3, 0.4) is 0 Å². The number of allylic oxidation sites excluding steroid dienone is 2. The molecule has 0 atom stereocenters. The van der Waals surface area contributed by atoms with Gasteiger partial charge in [0.2, 0.25) is 0 Å². The molecule has 0 saturated carbocycles. The van der Waals surface area contributed by atoms with Crippen molar-refractivity contribution in [1.82, 2.24) is 15.5 Å². The van der Waals surface area contributed by atoms with E-state index in [0.717, 1.165) is 11.1 Å². The highest BCUT2D eigenvalue weighted by molar-refractivity contribution is 6.13. The molecule has 6 heteroatoms. The van der Waals surface area contributed by atoms with Gasteiger partial charge in [-0.1, -0.05) is 18.7 Å². The summed E-state index contributed by atoms with van der Waals surface area (Å²) in [5.41, 5.74) is 10.3. The Kier molecular flexibility index (Phi) is 4.53. The van der Waals surface area contributed by atoms with Crippen molar-refractivity contribution in [2.75, 3.05) is 12.8 Å². The summed E-state index contributed by atoms with van der Waals surface area (Å²) < 4.78 is 0. The zero-order valence-electron chi connectivity index (χ0n) is 12.3. The first-order chi connectivity index (χ1) is 10.6. The van der Waals surface area contributed by atoms with Crippen LogP contribution in [0, 0.1) is 10.8 Å². The number of nitrogens with one attached hydrogen (secondary N) is 4. The molecule has 1 aromatic heterocycles. The van der Waals surface area contributed by atoms with Gasteiger partial charge in [-0.25, -0.2) is 0 Å². The lowest BCUT2D eigenvalue weighted by atomic mass is 9.95. The van der Waals surface area contributed by atoms with Crippen molar-refractivity contribution in [3.63, 3.8) is 0 Å². The van der Waals surface area contributed by atoms with Crippen molar-refractivity contribution in [2.24, 2.45) is 0 Å². The molecule has 0 spiro atoms. The smallest absolute Gasteiger partial charge is 0.0633 e. The van der Waals surface area contributed by atoms with Gasteiger partial charge in [0.05, 0.1) is 17.6 Å². The van der Waals surface area contributed by atoms with Crippen molar-refractivity contribution in [3.05, 3.63) is 60.1 Å². The first-order valence-corrected chi connectivity index (χ1v) is 6.64. The second-order valence-corrected chi connectivity index (χ2v) is 4.64. The summed E-state index contributed by atoms with van der Waals surface area (Å²) in [5, 5.41) is 25.3. The normalized spacial score (nSPS) is 10.6. The summed E-state index contributed by atoms with van der Waals surface area (Å²) in [5.74, 6) is 0. The second kappa shape index (κ2) is 6.53. The molecule has 6 nitrogen and oxygen atoms in total. The van der Waals surface area contributed by atoms with E-state index in [1.54, 1.807) is 37.7 Å². The third kappa shape index (κ3) is 2.95. The molecule has 6 N–H and O–H groups in total. The van der Waals surface area contributed by atoms with Crippen LogP contribution in [0.15, 0.2) is 49.0 Å². The maximum absolute atomic E-state index is 8.13. The van der Waals surface area contributed by atoms with Crippen LogP contribution < -0.4 is 11.1 Å². The molecule has 0 aliphatic carbocycles. The highest BCUT2D eigenvalue weighted by atomic mass is 15.1. The summed E-state index contributed by atoms with van der Waals surface area (Å²) in [7, 11) is 1.76. The van der Waals surface area contributed by atoms with Gasteiger partial charge in [0.1, 0.15) is 0 Å². The fourth-order valence-electron chi connectivity index (χ4n) is 2.03. The van der Waals surface area contributed by atoms with E-state index in [9.17, 15) is 0 Å². The fraction of sp³-hybridized carbons (Fsp3) is 0.0625. The van der Waals surface area contributed by atoms with Gasteiger partial charge in [-0.3, -0.25) is 5.10 Å². The van der Waals surface area contributed by atoms with Crippen molar-refractivity contribution >= 4 is 17.6 Å². The van der Waals surface area contributed by atoms with Crippen molar-refractivity contribution in [1.29, 1.82) is 10.8 Å². The molecule has 1 heterocycles. The molecular weight excluding hydrogens is 276 g/mol. The summed E-state index contributed by atoms with van der Waals surface area (Å²) in [6, 6.07) is 3.62. The van der Waals surface area contributed by atoms with E-state index < -0.39 is 0 Å². The van der Waals surface area contributed by atoms with Crippen LogP contribution in [-0.4, -0.2) is 29.2 Å². The standard InChI is InChI=1S/C16H18N6/c1-10(20-2)3-6-15(18)13-5-4-12(11-8-21-22-9-11)14(7-17)16(13)19/h3-9,17-18,20H,1,19H2,2H3,(H,21,22)/b6-3-,17-7?,18-15?. The Morgan fingerprint density at radius 1 is 1.41 bits per heavy atom. The molecule has 0 radical (unpaired) electrons. The van der Waals surface area contributed by atoms with E-state index in [1.807, 2.05) is 6.07 Å². The van der Waals surface area contributed by atoms with Crippen molar-refractivity contribution in [3.8, 4) is 11.1 Å². The average Bonchev–Trinajstić information content (AvgIpc) is 3.06. The molecule has 2 rings (SSSR count). The molecule has 0 fully saturated rings. The number of aromatic nitrogens is 2. The summed E-state index contributed by atoms with van der Waals surface area (Å²) >= 11 is 0. The number of H-pyrrole nitrogens is 1. The molecule has 0 bridgehead atoms. The molecule has 0 unspecified atom stereocenters. The lowest BCUT2D eigenvalue weighted by Crippen LogP contribution is -2.07. The van der Waals surface area contributed by atoms with Crippen LogP contribution in [0.5, 0.6) is 0 Å². The summed E-state index contributed by atoms with van der Waals surface area (Å²) in [4.78, 5) is 0. The number of benzene rings is 1. The molecule has 112 valence electrons. The lowest BCUT2D eigenvalue weighted by molar-refractivity contribution is 1.04.